The largest absolute Gasteiger partial charge is 0.308 e. The van der Waals surface area contributed by atoms with E-state index in [0.29, 0.717) is 12.1 Å². The van der Waals surface area contributed by atoms with Gasteiger partial charge in [0.1, 0.15) is 0 Å². The number of hydrogen-bond acceptors (Lipinski definition) is 1. The first-order valence-electron chi connectivity index (χ1n) is 5.87. The zero-order valence-electron chi connectivity index (χ0n) is 10.6. The molecule has 0 aromatic heterocycles. The van der Waals surface area contributed by atoms with E-state index >= 15 is 0 Å². The van der Waals surface area contributed by atoms with Crippen LogP contribution in [0.15, 0.2) is 18.2 Å². The summed E-state index contributed by atoms with van der Waals surface area (Å²) in [5, 5.41) is 3.61. The Bertz CT molecular complexity index is 317. The van der Waals surface area contributed by atoms with Gasteiger partial charge in [-0.05, 0) is 45.2 Å². The van der Waals surface area contributed by atoms with Crippen LogP contribution in [-0.2, 0) is 0 Å². The molecule has 0 aliphatic carbocycles. The molecule has 0 amide bonds. The van der Waals surface area contributed by atoms with Crippen LogP contribution in [0.1, 0.15) is 49.9 Å². The van der Waals surface area contributed by atoms with Crippen LogP contribution >= 0.6 is 0 Å². The minimum Gasteiger partial charge on any atom is -0.308 e. The smallest absolute Gasteiger partial charge is 0.0296 e. The Morgan fingerprint density at radius 2 is 1.87 bits per heavy atom. The minimum atomic E-state index is 0.444. The van der Waals surface area contributed by atoms with E-state index in [9.17, 15) is 0 Å². The highest BCUT2D eigenvalue weighted by molar-refractivity contribution is 5.32. The summed E-state index contributed by atoms with van der Waals surface area (Å²) in [5.41, 5.74) is 4.15. The average Bonchev–Trinajstić information content (AvgIpc) is 2.21. The molecule has 1 aromatic rings. The number of hydrogen-bond donors (Lipinski definition) is 1. The second-order valence-corrected chi connectivity index (χ2v) is 4.56. The Kier molecular flexibility index (Phi) is 4.34. The molecule has 0 saturated carbocycles. The van der Waals surface area contributed by atoms with E-state index < -0.39 is 0 Å². The summed E-state index contributed by atoms with van der Waals surface area (Å²) in [5.74, 6) is 0. The van der Waals surface area contributed by atoms with Crippen LogP contribution in [0, 0.1) is 13.8 Å². The molecule has 1 N–H and O–H groups in total. The predicted octanol–water partition coefficient (Wildman–Crippen LogP) is 3.75. The third kappa shape index (κ3) is 3.35. The molecule has 1 heteroatoms. The molecular weight excluding hydrogens is 182 g/mol. The van der Waals surface area contributed by atoms with E-state index in [1.54, 1.807) is 0 Å². The number of aryl methyl sites for hydroxylation is 2. The van der Waals surface area contributed by atoms with Gasteiger partial charge in [-0.2, -0.15) is 0 Å². The fourth-order valence-electron chi connectivity index (χ4n) is 1.86. The van der Waals surface area contributed by atoms with Crippen LogP contribution in [0.25, 0.3) is 0 Å². The SMILES string of the molecule is CCC(C)NC(C)c1cc(C)ccc1C. The molecule has 0 spiro atoms. The summed E-state index contributed by atoms with van der Waals surface area (Å²) in [7, 11) is 0. The topological polar surface area (TPSA) is 12.0 Å². The minimum absolute atomic E-state index is 0.444. The fourth-order valence-corrected chi connectivity index (χ4v) is 1.86. The first-order valence-corrected chi connectivity index (χ1v) is 5.87. The highest BCUT2D eigenvalue weighted by Crippen LogP contribution is 2.19. The fraction of sp³-hybridized carbons (Fsp3) is 0.571. The van der Waals surface area contributed by atoms with E-state index in [-0.39, 0.29) is 0 Å². The molecule has 0 aliphatic rings. The van der Waals surface area contributed by atoms with E-state index in [4.69, 9.17) is 0 Å². The van der Waals surface area contributed by atoms with Gasteiger partial charge in [0, 0.05) is 12.1 Å². The zero-order chi connectivity index (χ0) is 11.4. The van der Waals surface area contributed by atoms with Gasteiger partial charge in [-0.1, -0.05) is 30.7 Å². The summed E-state index contributed by atoms with van der Waals surface area (Å²) in [6, 6.07) is 7.70. The van der Waals surface area contributed by atoms with Gasteiger partial charge in [0.25, 0.3) is 0 Å². The van der Waals surface area contributed by atoms with Crippen LogP contribution in [0.2, 0.25) is 0 Å². The quantitative estimate of drug-likeness (QED) is 0.789. The molecule has 0 bridgehead atoms. The molecule has 2 atom stereocenters. The lowest BCUT2D eigenvalue weighted by Crippen LogP contribution is -2.28. The van der Waals surface area contributed by atoms with Crippen molar-refractivity contribution in [2.45, 2.75) is 53.1 Å². The highest BCUT2D eigenvalue weighted by Gasteiger charge is 2.10. The van der Waals surface area contributed by atoms with Crippen molar-refractivity contribution < 1.29 is 0 Å². The van der Waals surface area contributed by atoms with Crippen molar-refractivity contribution in [3.8, 4) is 0 Å². The molecule has 0 radical (unpaired) electrons. The summed E-state index contributed by atoms with van der Waals surface area (Å²) in [6.45, 7) is 11.0. The van der Waals surface area contributed by atoms with Gasteiger partial charge in [0.05, 0.1) is 0 Å². The van der Waals surface area contributed by atoms with Crippen LogP contribution in [-0.4, -0.2) is 6.04 Å². The zero-order valence-corrected chi connectivity index (χ0v) is 10.6. The number of rotatable bonds is 4. The monoisotopic (exact) mass is 205 g/mol. The summed E-state index contributed by atoms with van der Waals surface area (Å²) in [4.78, 5) is 0. The van der Waals surface area contributed by atoms with Gasteiger partial charge in [-0.15, -0.1) is 0 Å². The van der Waals surface area contributed by atoms with Gasteiger partial charge < -0.3 is 5.32 Å². The summed E-state index contributed by atoms with van der Waals surface area (Å²) in [6.07, 6.45) is 1.18. The maximum atomic E-state index is 3.61. The number of nitrogens with one attached hydrogen (secondary N) is 1. The van der Waals surface area contributed by atoms with Crippen LogP contribution in [0.5, 0.6) is 0 Å². The first-order chi connectivity index (χ1) is 7.04. The molecule has 0 heterocycles. The van der Waals surface area contributed by atoms with Crippen molar-refractivity contribution in [1.29, 1.82) is 0 Å². The number of benzene rings is 1. The molecule has 0 saturated heterocycles. The molecule has 1 nitrogen and oxygen atoms in total. The molecule has 84 valence electrons. The lowest BCUT2D eigenvalue weighted by atomic mass is 9.99. The second kappa shape index (κ2) is 5.32. The van der Waals surface area contributed by atoms with Gasteiger partial charge in [-0.25, -0.2) is 0 Å². The van der Waals surface area contributed by atoms with Crippen molar-refractivity contribution in [2.24, 2.45) is 0 Å². The molecule has 2 unspecified atom stereocenters. The predicted molar refractivity (Wildman–Crippen MR) is 67.2 cm³/mol. The van der Waals surface area contributed by atoms with Crippen molar-refractivity contribution >= 4 is 0 Å². The maximum Gasteiger partial charge on any atom is 0.0296 e. The Labute approximate surface area is 93.9 Å². The van der Waals surface area contributed by atoms with Crippen molar-refractivity contribution in [3.05, 3.63) is 34.9 Å². The standard InChI is InChI=1S/C14H23N/c1-6-12(4)15-13(5)14-9-10(2)7-8-11(14)3/h7-9,12-13,15H,6H2,1-5H3. The van der Waals surface area contributed by atoms with Gasteiger partial charge in [-0.3, -0.25) is 0 Å². The van der Waals surface area contributed by atoms with E-state index in [2.05, 4.69) is 58.1 Å². The van der Waals surface area contributed by atoms with E-state index in [1.807, 2.05) is 0 Å². The lowest BCUT2D eigenvalue weighted by Gasteiger charge is -2.21. The first kappa shape index (κ1) is 12.3. The van der Waals surface area contributed by atoms with Crippen LogP contribution in [0.3, 0.4) is 0 Å². The normalized spacial score (nSPS) is 15.0. The van der Waals surface area contributed by atoms with E-state index in [1.165, 1.54) is 23.1 Å². The van der Waals surface area contributed by atoms with Gasteiger partial charge >= 0.3 is 0 Å². The Morgan fingerprint density at radius 1 is 1.20 bits per heavy atom. The molecule has 1 aromatic carbocycles. The second-order valence-electron chi connectivity index (χ2n) is 4.56. The van der Waals surface area contributed by atoms with Crippen molar-refractivity contribution in [1.82, 2.24) is 5.32 Å². The third-order valence-corrected chi connectivity index (χ3v) is 3.05. The Balaban J connectivity index is 2.80. The summed E-state index contributed by atoms with van der Waals surface area (Å²) >= 11 is 0. The maximum absolute atomic E-state index is 3.61. The Hall–Kier alpha value is -0.820. The van der Waals surface area contributed by atoms with Crippen molar-refractivity contribution in [3.63, 3.8) is 0 Å². The third-order valence-electron chi connectivity index (χ3n) is 3.05. The molecule has 0 aliphatic heterocycles. The molecule has 15 heavy (non-hydrogen) atoms. The summed E-state index contributed by atoms with van der Waals surface area (Å²) < 4.78 is 0. The van der Waals surface area contributed by atoms with Crippen molar-refractivity contribution in [2.75, 3.05) is 0 Å². The Morgan fingerprint density at radius 3 is 2.47 bits per heavy atom. The molecule has 1 rings (SSSR count). The molecule has 0 fully saturated rings. The van der Waals surface area contributed by atoms with Crippen LogP contribution in [0.4, 0.5) is 0 Å². The highest BCUT2D eigenvalue weighted by atomic mass is 14.9. The average molecular weight is 205 g/mol. The van der Waals surface area contributed by atoms with Crippen LogP contribution < -0.4 is 5.32 Å². The van der Waals surface area contributed by atoms with Gasteiger partial charge in [0.2, 0.25) is 0 Å². The van der Waals surface area contributed by atoms with Gasteiger partial charge in [0.15, 0.2) is 0 Å². The molecular formula is C14H23N. The lowest BCUT2D eigenvalue weighted by molar-refractivity contribution is 0.468. The van der Waals surface area contributed by atoms with E-state index in [0.717, 1.165) is 0 Å².